The number of hydrogen-bond donors (Lipinski definition) is 3. The topological polar surface area (TPSA) is 99.9 Å². The molecule has 7 heteroatoms. The van der Waals surface area contributed by atoms with E-state index in [4.69, 9.17) is 5.73 Å². The van der Waals surface area contributed by atoms with Crippen LogP contribution in [0.1, 0.15) is 65.1 Å². The van der Waals surface area contributed by atoms with Gasteiger partial charge >= 0.3 is 0 Å². The molecule has 0 saturated carbocycles. The third-order valence-electron chi connectivity index (χ3n) is 6.79. The lowest BCUT2D eigenvalue weighted by molar-refractivity contribution is 0.102. The molecule has 0 unspecified atom stereocenters. The second kappa shape index (κ2) is 13.5. The van der Waals surface area contributed by atoms with Crippen molar-refractivity contribution >= 4 is 17.3 Å². The second-order valence-corrected chi connectivity index (χ2v) is 9.50. The molecule has 2 aromatic carbocycles. The van der Waals surface area contributed by atoms with Crippen LogP contribution in [0.2, 0.25) is 0 Å². The van der Waals surface area contributed by atoms with Gasteiger partial charge in [0.1, 0.15) is 5.82 Å². The number of benzene rings is 2. The first-order valence-corrected chi connectivity index (χ1v) is 13.5. The van der Waals surface area contributed by atoms with Crippen molar-refractivity contribution in [1.29, 1.82) is 0 Å². The molecule has 0 fully saturated rings. The summed E-state index contributed by atoms with van der Waals surface area (Å²) in [6, 6.07) is 16.0. The van der Waals surface area contributed by atoms with Gasteiger partial charge < -0.3 is 20.9 Å². The van der Waals surface area contributed by atoms with Crippen molar-refractivity contribution in [2.45, 2.75) is 59.0 Å². The van der Waals surface area contributed by atoms with Gasteiger partial charge in [0, 0.05) is 67.8 Å². The molecule has 38 heavy (non-hydrogen) atoms. The van der Waals surface area contributed by atoms with Gasteiger partial charge in [0.15, 0.2) is 0 Å². The maximum absolute atomic E-state index is 13.2. The first-order chi connectivity index (χ1) is 18.6. The Morgan fingerprint density at radius 3 is 2.32 bits per heavy atom. The minimum atomic E-state index is -0.0966. The lowest BCUT2D eigenvalue weighted by atomic mass is 9.92. The first kappa shape index (κ1) is 27.1. The Morgan fingerprint density at radius 1 is 0.921 bits per heavy atom. The molecule has 1 amide bonds. The molecular formula is C31H38N6O. The van der Waals surface area contributed by atoms with E-state index in [1.807, 2.05) is 48.7 Å². The van der Waals surface area contributed by atoms with Crippen molar-refractivity contribution in [3.05, 3.63) is 107 Å². The van der Waals surface area contributed by atoms with Crippen LogP contribution in [0.25, 0.3) is 0 Å². The predicted octanol–water partition coefficient (Wildman–Crippen LogP) is 5.67. The molecule has 0 spiro atoms. The van der Waals surface area contributed by atoms with E-state index in [-0.39, 0.29) is 5.91 Å². The number of amides is 1. The van der Waals surface area contributed by atoms with E-state index in [9.17, 15) is 4.79 Å². The van der Waals surface area contributed by atoms with Crippen molar-refractivity contribution in [2.75, 3.05) is 16.8 Å². The minimum absolute atomic E-state index is 0.0966. The number of carbonyl (C=O) groups excluding carboxylic acids is 1. The zero-order chi connectivity index (χ0) is 26.7. The van der Waals surface area contributed by atoms with Gasteiger partial charge in [0.05, 0.1) is 0 Å². The summed E-state index contributed by atoms with van der Waals surface area (Å²) in [5.74, 6) is 0.862. The van der Waals surface area contributed by atoms with Crippen molar-refractivity contribution in [2.24, 2.45) is 5.73 Å². The highest BCUT2D eigenvalue weighted by Gasteiger charge is 2.15. The molecule has 2 heterocycles. The molecule has 4 N–H and O–H groups in total. The van der Waals surface area contributed by atoms with Gasteiger partial charge in [-0.2, -0.15) is 0 Å². The van der Waals surface area contributed by atoms with E-state index in [1.54, 1.807) is 18.6 Å². The Hall–Kier alpha value is -3.97. The first-order valence-electron chi connectivity index (χ1n) is 13.5. The van der Waals surface area contributed by atoms with Crippen LogP contribution >= 0.6 is 0 Å². The van der Waals surface area contributed by atoms with Gasteiger partial charge in [-0.05, 0) is 65.4 Å². The Balaban J connectivity index is 1.48. The van der Waals surface area contributed by atoms with Crippen molar-refractivity contribution in [3.63, 3.8) is 0 Å². The van der Waals surface area contributed by atoms with Gasteiger partial charge in [-0.1, -0.05) is 44.9 Å². The third kappa shape index (κ3) is 6.86. The Morgan fingerprint density at radius 2 is 1.66 bits per heavy atom. The van der Waals surface area contributed by atoms with Crippen LogP contribution in [0.5, 0.6) is 0 Å². The lowest BCUT2D eigenvalue weighted by Gasteiger charge is -2.24. The SMILES string of the molecule is CCCc1c(CN)ccc(NC(=O)c2ccc(CN(CCc3ncc[nH]3)c3ccncc3)cc2)c1CCC. The average Bonchev–Trinajstić information content (AvgIpc) is 3.47. The van der Waals surface area contributed by atoms with Crippen LogP contribution in [0.15, 0.2) is 73.3 Å². The lowest BCUT2D eigenvalue weighted by Crippen LogP contribution is -2.25. The van der Waals surface area contributed by atoms with Crippen molar-refractivity contribution in [1.82, 2.24) is 15.0 Å². The summed E-state index contributed by atoms with van der Waals surface area (Å²) < 4.78 is 0. The molecule has 0 radical (unpaired) electrons. The monoisotopic (exact) mass is 510 g/mol. The zero-order valence-electron chi connectivity index (χ0n) is 22.4. The summed E-state index contributed by atoms with van der Waals surface area (Å²) in [6.07, 6.45) is 12.0. The summed E-state index contributed by atoms with van der Waals surface area (Å²) in [6.45, 7) is 6.38. The van der Waals surface area contributed by atoms with E-state index >= 15 is 0 Å². The van der Waals surface area contributed by atoms with E-state index in [0.29, 0.717) is 18.7 Å². The number of H-pyrrole nitrogens is 1. The van der Waals surface area contributed by atoms with Gasteiger partial charge in [-0.25, -0.2) is 4.98 Å². The molecule has 4 rings (SSSR count). The Bertz CT molecular complexity index is 1290. The van der Waals surface area contributed by atoms with Crippen LogP contribution in [0.3, 0.4) is 0 Å². The van der Waals surface area contributed by atoms with Crippen LogP contribution in [-0.2, 0) is 32.4 Å². The number of anilines is 2. The van der Waals surface area contributed by atoms with E-state index < -0.39 is 0 Å². The Labute approximate surface area is 225 Å². The fourth-order valence-electron chi connectivity index (χ4n) is 4.85. The molecule has 0 saturated heterocycles. The Kier molecular flexibility index (Phi) is 9.65. The second-order valence-electron chi connectivity index (χ2n) is 9.50. The molecule has 0 bridgehead atoms. The summed E-state index contributed by atoms with van der Waals surface area (Å²) in [5.41, 5.74) is 13.4. The fraction of sp³-hybridized carbons (Fsp3) is 0.323. The fourth-order valence-corrected chi connectivity index (χ4v) is 4.85. The summed E-state index contributed by atoms with van der Waals surface area (Å²) >= 11 is 0. The molecule has 0 aliphatic heterocycles. The van der Waals surface area contributed by atoms with Gasteiger partial charge in [-0.3, -0.25) is 9.78 Å². The van der Waals surface area contributed by atoms with E-state index in [0.717, 1.165) is 61.4 Å². The number of aromatic amines is 1. The molecule has 0 aliphatic rings. The maximum Gasteiger partial charge on any atom is 0.255 e. The van der Waals surface area contributed by atoms with Crippen LogP contribution in [0.4, 0.5) is 11.4 Å². The number of pyridine rings is 1. The minimum Gasteiger partial charge on any atom is -0.367 e. The highest BCUT2D eigenvalue weighted by atomic mass is 16.1. The smallest absolute Gasteiger partial charge is 0.255 e. The highest BCUT2D eigenvalue weighted by molar-refractivity contribution is 6.04. The van der Waals surface area contributed by atoms with Gasteiger partial charge in [0.2, 0.25) is 0 Å². The summed E-state index contributed by atoms with van der Waals surface area (Å²) in [7, 11) is 0. The predicted molar refractivity (Wildman–Crippen MR) is 154 cm³/mol. The number of imidazole rings is 1. The molecule has 0 atom stereocenters. The zero-order valence-corrected chi connectivity index (χ0v) is 22.4. The standard InChI is InChI=1S/C31H38N6O/c1-3-5-27-25(21-32)11-12-29(28(27)6-4-2)36-31(38)24-9-7-23(8-10-24)22-37(26-13-16-33-17-14-26)20-15-30-34-18-19-35-30/h7-14,16-19H,3-6,15,20-22,32H2,1-2H3,(H,34,35)(H,36,38). The number of aromatic nitrogens is 3. The number of nitrogens with two attached hydrogens (primary N) is 1. The molecule has 2 aromatic heterocycles. The third-order valence-corrected chi connectivity index (χ3v) is 6.79. The highest BCUT2D eigenvalue weighted by Crippen LogP contribution is 2.27. The van der Waals surface area contributed by atoms with E-state index in [1.165, 1.54) is 16.7 Å². The average molecular weight is 511 g/mol. The molecular weight excluding hydrogens is 472 g/mol. The van der Waals surface area contributed by atoms with Crippen LogP contribution in [0, 0.1) is 0 Å². The van der Waals surface area contributed by atoms with Gasteiger partial charge in [0.25, 0.3) is 5.91 Å². The number of hydrogen-bond acceptors (Lipinski definition) is 5. The van der Waals surface area contributed by atoms with Crippen molar-refractivity contribution in [3.8, 4) is 0 Å². The number of nitrogens with zero attached hydrogens (tertiary/aromatic N) is 3. The molecule has 4 aromatic rings. The van der Waals surface area contributed by atoms with Crippen LogP contribution in [-0.4, -0.2) is 27.4 Å². The molecule has 198 valence electrons. The largest absolute Gasteiger partial charge is 0.367 e. The van der Waals surface area contributed by atoms with Gasteiger partial charge in [-0.15, -0.1) is 0 Å². The number of rotatable bonds is 13. The normalized spacial score (nSPS) is 10.9. The summed E-state index contributed by atoms with van der Waals surface area (Å²) in [5, 5.41) is 3.18. The van der Waals surface area contributed by atoms with Crippen molar-refractivity contribution < 1.29 is 4.79 Å². The molecule has 7 nitrogen and oxygen atoms in total. The quantitative estimate of drug-likeness (QED) is 0.215. The van der Waals surface area contributed by atoms with Crippen LogP contribution < -0.4 is 16.0 Å². The molecule has 0 aliphatic carbocycles. The number of nitrogens with one attached hydrogen (secondary N) is 2. The van der Waals surface area contributed by atoms with E-state index in [2.05, 4.69) is 45.1 Å². The number of carbonyl (C=O) groups is 1. The maximum atomic E-state index is 13.2. The summed E-state index contributed by atoms with van der Waals surface area (Å²) in [4.78, 5) is 27.2.